The van der Waals surface area contributed by atoms with Crippen LogP contribution in [0.25, 0.3) is 10.6 Å². The van der Waals surface area contributed by atoms with Crippen molar-refractivity contribution in [2.75, 3.05) is 19.5 Å². The molecule has 0 radical (unpaired) electrons. The molecule has 0 amide bonds. The zero-order valence-electron chi connectivity index (χ0n) is 13.6. The summed E-state index contributed by atoms with van der Waals surface area (Å²) >= 11 is 1.63. The molecule has 124 valence electrons. The molecule has 1 N–H and O–H groups in total. The number of nitrogens with one attached hydrogen (secondary N) is 1. The molecule has 6 heteroatoms. The molecule has 0 saturated carbocycles. The fourth-order valence-corrected chi connectivity index (χ4v) is 2.69. The summed E-state index contributed by atoms with van der Waals surface area (Å²) in [5, 5.41) is 6.02. The fourth-order valence-electron chi connectivity index (χ4n) is 1.87. The first kappa shape index (κ1) is 17.6. The van der Waals surface area contributed by atoms with Gasteiger partial charge in [-0.15, -0.1) is 11.3 Å². The molecule has 0 spiro atoms. The maximum absolute atomic E-state index is 10.1. The van der Waals surface area contributed by atoms with E-state index in [4.69, 9.17) is 4.74 Å². The largest absolute Gasteiger partial charge is 0.497 e. The molecule has 2 aromatic heterocycles. The summed E-state index contributed by atoms with van der Waals surface area (Å²) < 4.78 is 4.96. The minimum absolute atomic E-state index is 0.476. The van der Waals surface area contributed by atoms with Crippen molar-refractivity contribution in [1.82, 2.24) is 9.97 Å². The van der Waals surface area contributed by atoms with Gasteiger partial charge in [0.2, 0.25) is 0 Å². The number of aldehydes is 1. The molecule has 0 aliphatic rings. The summed E-state index contributed by atoms with van der Waals surface area (Å²) in [6.45, 7) is 0. The number of pyridine rings is 1. The van der Waals surface area contributed by atoms with Gasteiger partial charge in [-0.25, -0.2) is 4.98 Å². The summed E-state index contributed by atoms with van der Waals surface area (Å²) in [5.41, 5.74) is 2.13. The maximum Gasteiger partial charge on any atom is 0.137 e. The van der Waals surface area contributed by atoms with Crippen LogP contribution >= 0.6 is 11.3 Å². The van der Waals surface area contributed by atoms with Gasteiger partial charge in [0.05, 0.1) is 7.11 Å². The SMILES string of the molecule is CNc1csc(-c2ccncc2)n1.COc1ccc(CC=O)cc1. The fraction of sp³-hybridized carbons (Fsp3) is 0.167. The lowest BCUT2D eigenvalue weighted by molar-refractivity contribution is -0.107. The van der Waals surface area contributed by atoms with Crippen LogP contribution in [-0.2, 0) is 11.2 Å². The van der Waals surface area contributed by atoms with Gasteiger partial charge in [-0.3, -0.25) is 4.98 Å². The smallest absolute Gasteiger partial charge is 0.137 e. The average molecular weight is 341 g/mol. The van der Waals surface area contributed by atoms with E-state index in [0.717, 1.165) is 34.0 Å². The van der Waals surface area contributed by atoms with E-state index in [9.17, 15) is 4.79 Å². The minimum Gasteiger partial charge on any atom is -0.497 e. The maximum atomic E-state index is 10.1. The summed E-state index contributed by atoms with van der Waals surface area (Å²) in [6, 6.07) is 11.4. The van der Waals surface area contributed by atoms with Gasteiger partial charge < -0.3 is 14.8 Å². The van der Waals surface area contributed by atoms with E-state index in [0.29, 0.717) is 6.42 Å². The van der Waals surface area contributed by atoms with Gasteiger partial charge >= 0.3 is 0 Å². The first-order chi connectivity index (χ1) is 11.8. The molecule has 0 atom stereocenters. The van der Waals surface area contributed by atoms with Gasteiger partial charge in [-0.05, 0) is 29.8 Å². The standard InChI is InChI=1S/C9H9N3S.C9H10O2/c1-10-8-6-13-9(12-8)7-2-4-11-5-3-7;1-11-9-4-2-8(3-5-9)6-7-10/h2-6,10H,1H3;2-5,7H,6H2,1H3. The molecule has 0 aliphatic heterocycles. The second-order valence-electron chi connectivity index (χ2n) is 4.74. The highest BCUT2D eigenvalue weighted by Gasteiger charge is 2.01. The number of nitrogens with zero attached hydrogens (tertiary/aromatic N) is 2. The highest BCUT2D eigenvalue weighted by atomic mass is 32.1. The topological polar surface area (TPSA) is 64.1 Å². The molecule has 1 aromatic carbocycles. The summed E-state index contributed by atoms with van der Waals surface area (Å²) in [7, 11) is 3.49. The van der Waals surface area contributed by atoms with Crippen molar-refractivity contribution < 1.29 is 9.53 Å². The highest BCUT2D eigenvalue weighted by molar-refractivity contribution is 7.13. The monoisotopic (exact) mass is 341 g/mol. The number of benzene rings is 1. The third-order valence-electron chi connectivity index (χ3n) is 3.17. The van der Waals surface area contributed by atoms with Crippen molar-refractivity contribution in [3.63, 3.8) is 0 Å². The van der Waals surface area contributed by atoms with Crippen molar-refractivity contribution >= 4 is 23.4 Å². The minimum atomic E-state index is 0.476. The predicted molar refractivity (Wildman–Crippen MR) is 97.7 cm³/mol. The van der Waals surface area contributed by atoms with Crippen LogP contribution in [0.15, 0.2) is 54.2 Å². The Morgan fingerprint density at radius 3 is 2.42 bits per heavy atom. The van der Waals surface area contributed by atoms with E-state index in [-0.39, 0.29) is 0 Å². The molecule has 0 saturated heterocycles. The Morgan fingerprint density at radius 1 is 1.17 bits per heavy atom. The van der Waals surface area contributed by atoms with Crippen LogP contribution in [0.3, 0.4) is 0 Å². The normalized spacial score (nSPS) is 9.58. The molecule has 3 aromatic rings. The number of anilines is 1. The van der Waals surface area contributed by atoms with E-state index < -0.39 is 0 Å². The molecule has 2 heterocycles. The molecular formula is C18H19N3O2S. The third kappa shape index (κ3) is 5.17. The zero-order chi connectivity index (χ0) is 17.2. The van der Waals surface area contributed by atoms with Crippen LogP contribution in [0.1, 0.15) is 5.56 Å². The van der Waals surface area contributed by atoms with Crippen molar-refractivity contribution in [1.29, 1.82) is 0 Å². The lowest BCUT2D eigenvalue weighted by Crippen LogP contribution is -1.86. The summed E-state index contributed by atoms with van der Waals surface area (Å²) in [4.78, 5) is 18.4. The summed E-state index contributed by atoms with van der Waals surface area (Å²) in [5.74, 6) is 1.73. The van der Waals surface area contributed by atoms with Crippen LogP contribution in [0.4, 0.5) is 5.82 Å². The Labute approximate surface area is 145 Å². The highest BCUT2D eigenvalue weighted by Crippen LogP contribution is 2.24. The van der Waals surface area contributed by atoms with Crippen molar-refractivity contribution in [2.24, 2.45) is 0 Å². The number of thiazole rings is 1. The second kappa shape index (κ2) is 9.42. The van der Waals surface area contributed by atoms with E-state index in [1.165, 1.54) is 0 Å². The van der Waals surface area contributed by atoms with E-state index >= 15 is 0 Å². The lowest BCUT2D eigenvalue weighted by atomic mass is 10.2. The molecule has 0 aliphatic carbocycles. The lowest BCUT2D eigenvalue weighted by Gasteiger charge is -1.98. The second-order valence-corrected chi connectivity index (χ2v) is 5.60. The number of carbonyl (C=O) groups is 1. The van der Waals surface area contributed by atoms with Crippen LogP contribution in [-0.4, -0.2) is 30.4 Å². The number of hydrogen-bond acceptors (Lipinski definition) is 6. The molecule has 24 heavy (non-hydrogen) atoms. The molecule has 0 fully saturated rings. The van der Waals surface area contributed by atoms with Crippen molar-refractivity contribution in [3.05, 3.63) is 59.7 Å². The average Bonchev–Trinajstić information content (AvgIpc) is 3.13. The number of hydrogen-bond donors (Lipinski definition) is 1. The Hall–Kier alpha value is -2.73. The van der Waals surface area contributed by atoms with Gasteiger partial charge in [-0.1, -0.05) is 12.1 Å². The quantitative estimate of drug-likeness (QED) is 0.717. The van der Waals surface area contributed by atoms with Gasteiger partial charge in [0.25, 0.3) is 0 Å². The van der Waals surface area contributed by atoms with Gasteiger partial charge in [0.15, 0.2) is 0 Å². The Balaban J connectivity index is 0.000000177. The zero-order valence-corrected chi connectivity index (χ0v) is 14.4. The first-order valence-electron chi connectivity index (χ1n) is 7.37. The van der Waals surface area contributed by atoms with Crippen LogP contribution in [0, 0.1) is 0 Å². The van der Waals surface area contributed by atoms with E-state index in [1.54, 1.807) is 30.8 Å². The molecular weight excluding hydrogens is 322 g/mol. The molecule has 0 bridgehead atoms. The predicted octanol–water partition coefficient (Wildman–Crippen LogP) is 3.68. The van der Waals surface area contributed by atoms with Crippen LogP contribution in [0.5, 0.6) is 5.75 Å². The molecule has 5 nitrogen and oxygen atoms in total. The first-order valence-corrected chi connectivity index (χ1v) is 8.25. The van der Waals surface area contributed by atoms with E-state index in [2.05, 4.69) is 15.3 Å². The molecule has 0 unspecified atom stereocenters. The van der Waals surface area contributed by atoms with Gasteiger partial charge in [0, 0.05) is 36.8 Å². The van der Waals surface area contributed by atoms with E-state index in [1.807, 2.05) is 48.8 Å². The van der Waals surface area contributed by atoms with Crippen LogP contribution in [0.2, 0.25) is 0 Å². The van der Waals surface area contributed by atoms with Gasteiger partial charge in [0.1, 0.15) is 22.9 Å². The Morgan fingerprint density at radius 2 is 1.88 bits per heavy atom. The Bertz CT molecular complexity index is 742. The number of methoxy groups -OCH3 is 1. The number of carbonyl (C=O) groups excluding carboxylic acids is 1. The molecule has 3 rings (SSSR count). The third-order valence-corrected chi connectivity index (χ3v) is 4.06. The van der Waals surface area contributed by atoms with Gasteiger partial charge in [-0.2, -0.15) is 0 Å². The number of ether oxygens (including phenoxy) is 1. The summed E-state index contributed by atoms with van der Waals surface area (Å²) in [6.07, 6.45) is 4.91. The van der Waals surface area contributed by atoms with Crippen molar-refractivity contribution in [2.45, 2.75) is 6.42 Å². The number of aromatic nitrogens is 2. The van der Waals surface area contributed by atoms with Crippen LogP contribution < -0.4 is 10.1 Å². The number of rotatable bonds is 5. The Kier molecular flexibility index (Phi) is 6.91. The van der Waals surface area contributed by atoms with Crippen molar-refractivity contribution in [3.8, 4) is 16.3 Å².